The highest BCUT2D eigenvalue weighted by Gasteiger charge is 2.60. The fraction of sp³-hybridized carbons (Fsp3) is 0.846. The molecule has 0 bridgehead atoms. The molecule has 2 atom stereocenters. The lowest BCUT2D eigenvalue weighted by molar-refractivity contribution is -0.178. The molecule has 1 saturated carbocycles. The summed E-state index contributed by atoms with van der Waals surface area (Å²) in [5, 5.41) is 17.0. The highest BCUT2D eigenvalue weighted by atomic mass is 16.5. The first-order valence-corrected chi connectivity index (χ1v) is 6.72. The van der Waals surface area contributed by atoms with Crippen molar-refractivity contribution in [1.82, 2.24) is 15.5 Å². The summed E-state index contributed by atoms with van der Waals surface area (Å²) in [6.45, 7) is 9.23. The third-order valence-corrected chi connectivity index (χ3v) is 4.36. The summed E-state index contributed by atoms with van der Waals surface area (Å²) in [5.41, 5.74) is -0.474. The normalized spacial score (nSPS) is 29.2. The molecule has 1 aromatic rings. The van der Waals surface area contributed by atoms with Crippen LogP contribution in [0.5, 0.6) is 0 Å². The van der Waals surface area contributed by atoms with Gasteiger partial charge in [0.1, 0.15) is 0 Å². The standard InChI is InChI=1S/C13H23N3O3/c1-5-18-10-6-13(8-17,12(10,3)4)14-7-11-15-9(2)19-16-11/h10,14,17H,5-8H2,1-4H3/t10-,13+/m0/s1. The van der Waals surface area contributed by atoms with Gasteiger partial charge in [-0.25, -0.2) is 0 Å². The average Bonchev–Trinajstić information content (AvgIpc) is 2.79. The van der Waals surface area contributed by atoms with E-state index in [0.29, 0.717) is 24.9 Å². The summed E-state index contributed by atoms with van der Waals surface area (Å²) in [4.78, 5) is 4.16. The zero-order valence-corrected chi connectivity index (χ0v) is 12.1. The van der Waals surface area contributed by atoms with Crippen molar-refractivity contribution < 1.29 is 14.4 Å². The second-order valence-electron chi connectivity index (χ2n) is 5.69. The van der Waals surface area contributed by atoms with Crippen LogP contribution in [0.15, 0.2) is 4.52 Å². The summed E-state index contributed by atoms with van der Waals surface area (Å²) in [6, 6.07) is 0. The number of nitrogens with one attached hydrogen (secondary N) is 1. The van der Waals surface area contributed by atoms with E-state index in [2.05, 4.69) is 29.3 Å². The zero-order valence-electron chi connectivity index (χ0n) is 12.1. The van der Waals surface area contributed by atoms with Gasteiger partial charge in [0.2, 0.25) is 5.89 Å². The van der Waals surface area contributed by atoms with Gasteiger partial charge in [0, 0.05) is 18.9 Å². The summed E-state index contributed by atoms with van der Waals surface area (Å²) in [6.07, 6.45) is 0.963. The quantitative estimate of drug-likeness (QED) is 0.803. The van der Waals surface area contributed by atoms with Gasteiger partial charge in [0.05, 0.1) is 24.8 Å². The topological polar surface area (TPSA) is 80.4 Å². The maximum Gasteiger partial charge on any atom is 0.223 e. The average molecular weight is 269 g/mol. The van der Waals surface area contributed by atoms with Gasteiger partial charge < -0.3 is 19.7 Å². The first-order chi connectivity index (χ1) is 8.95. The van der Waals surface area contributed by atoms with E-state index in [1.165, 1.54) is 0 Å². The molecule has 6 heteroatoms. The number of aliphatic hydroxyl groups is 1. The summed E-state index contributed by atoms with van der Waals surface area (Å²) < 4.78 is 10.6. The van der Waals surface area contributed by atoms with Crippen LogP contribution in [0.25, 0.3) is 0 Å². The number of aliphatic hydroxyl groups excluding tert-OH is 1. The first kappa shape index (κ1) is 14.4. The van der Waals surface area contributed by atoms with Crippen molar-refractivity contribution in [2.45, 2.75) is 52.3 Å². The van der Waals surface area contributed by atoms with E-state index in [4.69, 9.17) is 9.26 Å². The molecular formula is C13H23N3O3. The first-order valence-electron chi connectivity index (χ1n) is 6.72. The van der Waals surface area contributed by atoms with E-state index in [1.807, 2.05) is 6.92 Å². The molecule has 1 heterocycles. The molecule has 0 radical (unpaired) electrons. The van der Waals surface area contributed by atoms with Crippen LogP contribution in [0, 0.1) is 12.3 Å². The van der Waals surface area contributed by atoms with Crippen LogP contribution in [0.4, 0.5) is 0 Å². The Balaban J connectivity index is 2.00. The summed E-state index contributed by atoms with van der Waals surface area (Å²) >= 11 is 0. The van der Waals surface area contributed by atoms with Crippen LogP contribution in [-0.4, -0.2) is 40.1 Å². The van der Waals surface area contributed by atoms with Crippen molar-refractivity contribution in [3.63, 3.8) is 0 Å². The van der Waals surface area contributed by atoms with E-state index in [-0.39, 0.29) is 23.7 Å². The van der Waals surface area contributed by atoms with Crippen LogP contribution >= 0.6 is 0 Å². The Morgan fingerprint density at radius 3 is 2.74 bits per heavy atom. The van der Waals surface area contributed by atoms with Crippen LogP contribution in [-0.2, 0) is 11.3 Å². The Bertz CT molecular complexity index is 433. The van der Waals surface area contributed by atoms with Gasteiger partial charge >= 0.3 is 0 Å². The third kappa shape index (κ3) is 2.40. The number of nitrogens with zero attached hydrogens (tertiary/aromatic N) is 2. The Hall–Kier alpha value is -0.980. The molecule has 1 aliphatic carbocycles. The van der Waals surface area contributed by atoms with Crippen LogP contribution in [0.3, 0.4) is 0 Å². The number of aryl methyl sites for hydroxylation is 1. The van der Waals surface area contributed by atoms with Crippen molar-refractivity contribution in [3.8, 4) is 0 Å². The Kier molecular flexibility index (Phi) is 3.94. The predicted molar refractivity (Wildman–Crippen MR) is 69.5 cm³/mol. The number of hydrogen-bond donors (Lipinski definition) is 2. The van der Waals surface area contributed by atoms with Crippen LogP contribution in [0.1, 0.15) is 38.9 Å². The minimum atomic E-state index is -0.346. The maximum absolute atomic E-state index is 9.76. The van der Waals surface area contributed by atoms with Gasteiger partial charge in [-0.05, 0) is 13.3 Å². The summed E-state index contributed by atoms with van der Waals surface area (Å²) in [5.74, 6) is 1.16. The van der Waals surface area contributed by atoms with Crippen molar-refractivity contribution in [3.05, 3.63) is 11.7 Å². The number of rotatable bonds is 6. The van der Waals surface area contributed by atoms with E-state index >= 15 is 0 Å². The lowest BCUT2D eigenvalue weighted by atomic mass is 9.54. The molecule has 2 N–H and O–H groups in total. The minimum Gasteiger partial charge on any atom is -0.394 e. The molecule has 0 aromatic carbocycles. The van der Waals surface area contributed by atoms with Gasteiger partial charge in [-0.3, -0.25) is 0 Å². The van der Waals surface area contributed by atoms with Gasteiger partial charge in [-0.1, -0.05) is 19.0 Å². The van der Waals surface area contributed by atoms with Crippen LogP contribution < -0.4 is 5.32 Å². The molecule has 6 nitrogen and oxygen atoms in total. The lowest BCUT2D eigenvalue weighted by Gasteiger charge is -2.60. The number of aromatic nitrogens is 2. The molecule has 1 aromatic heterocycles. The lowest BCUT2D eigenvalue weighted by Crippen LogP contribution is -2.73. The summed E-state index contributed by atoms with van der Waals surface area (Å²) in [7, 11) is 0. The van der Waals surface area contributed by atoms with Gasteiger partial charge in [-0.15, -0.1) is 0 Å². The minimum absolute atomic E-state index is 0.0698. The molecule has 108 valence electrons. The molecule has 2 rings (SSSR count). The maximum atomic E-state index is 9.76. The Labute approximate surface area is 113 Å². The van der Waals surface area contributed by atoms with Crippen molar-refractivity contribution in [2.24, 2.45) is 5.41 Å². The van der Waals surface area contributed by atoms with E-state index < -0.39 is 0 Å². The van der Waals surface area contributed by atoms with Crippen molar-refractivity contribution in [2.75, 3.05) is 13.2 Å². The second kappa shape index (κ2) is 5.19. The van der Waals surface area contributed by atoms with E-state index in [1.54, 1.807) is 6.92 Å². The van der Waals surface area contributed by atoms with Crippen molar-refractivity contribution in [1.29, 1.82) is 0 Å². The Morgan fingerprint density at radius 2 is 2.26 bits per heavy atom. The SMILES string of the molecule is CCO[C@H]1C[C@](CO)(NCc2noc(C)n2)C1(C)C. The molecule has 1 fully saturated rings. The monoisotopic (exact) mass is 269 g/mol. The highest BCUT2D eigenvalue weighted by molar-refractivity contribution is 5.15. The highest BCUT2D eigenvalue weighted by Crippen LogP contribution is 2.51. The molecule has 0 aliphatic heterocycles. The van der Waals surface area contributed by atoms with Crippen molar-refractivity contribution >= 4 is 0 Å². The largest absolute Gasteiger partial charge is 0.394 e. The molecule has 0 saturated heterocycles. The molecule has 0 spiro atoms. The fourth-order valence-electron chi connectivity index (χ4n) is 2.77. The van der Waals surface area contributed by atoms with Gasteiger partial charge in [0.25, 0.3) is 0 Å². The molecular weight excluding hydrogens is 246 g/mol. The zero-order chi connectivity index (χ0) is 14.1. The van der Waals surface area contributed by atoms with Crippen LogP contribution in [0.2, 0.25) is 0 Å². The Morgan fingerprint density at radius 1 is 1.53 bits per heavy atom. The molecule has 19 heavy (non-hydrogen) atoms. The van der Waals surface area contributed by atoms with E-state index in [0.717, 1.165) is 6.42 Å². The number of hydrogen-bond acceptors (Lipinski definition) is 6. The fourth-order valence-corrected chi connectivity index (χ4v) is 2.77. The molecule has 0 unspecified atom stereocenters. The predicted octanol–water partition coefficient (Wildman–Crippen LogP) is 1.03. The smallest absolute Gasteiger partial charge is 0.223 e. The second-order valence-corrected chi connectivity index (χ2v) is 5.69. The van der Waals surface area contributed by atoms with Gasteiger partial charge in [0.15, 0.2) is 5.82 Å². The van der Waals surface area contributed by atoms with Gasteiger partial charge in [-0.2, -0.15) is 4.98 Å². The molecule has 0 amide bonds. The molecule has 1 aliphatic rings. The third-order valence-electron chi connectivity index (χ3n) is 4.36. The van der Waals surface area contributed by atoms with E-state index in [9.17, 15) is 5.11 Å². The number of ether oxygens (including phenoxy) is 1.